The summed E-state index contributed by atoms with van der Waals surface area (Å²) < 4.78 is 8.06. The minimum absolute atomic E-state index is 0. The van der Waals surface area contributed by atoms with Crippen molar-refractivity contribution in [3.8, 4) is 0 Å². The van der Waals surface area contributed by atoms with Crippen molar-refractivity contribution in [2.24, 2.45) is 0 Å². The Hall–Kier alpha value is 1.88. The maximum absolute atomic E-state index is 8.06. The van der Waals surface area contributed by atoms with E-state index in [1.807, 2.05) is 0 Å². The molecule has 0 atom stereocenters. The topological polar surface area (TPSA) is 48.6 Å². The third-order valence-electron chi connectivity index (χ3n) is 0. The van der Waals surface area contributed by atoms with Gasteiger partial charge >= 0.3 is 38.6 Å². The van der Waals surface area contributed by atoms with E-state index in [4.69, 9.17) is 3.83 Å². The molecule has 0 aromatic rings. The van der Waals surface area contributed by atoms with Crippen LogP contribution in [0.5, 0.6) is 0 Å². The molecule has 0 heterocycles. The Labute approximate surface area is 76.8 Å². The molecular weight excluding hydrogens is 212 g/mol. The van der Waals surface area contributed by atoms with Crippen LogP contribution in [0.3, 0.4) is 0 Å². The molecule has 0 saturated carbocycles. The van der Waals surface area contributed by atoms with Gasteiger partial charge in [0.2, 0.25) is 0 Å². The number of rotatable bonds is 0. The summed E-state index contributed by atoms with van der Waals surface area (Å²) >= 11 is 1.69. The summed E-state index contributed by atoms with van der Waals surface area (Å²) in [7, 11) is 0. The summed E-state index contributed by atoms with van der Waals surface area (Å²) in [6.45, 7) is 0. The fourth-order valence-electron chi connectivity index (χ4n) is 0. The summed E-state index contributed by atoms with van der Waals surface area (Å²) in [5.74, 6) is 0. The van der Waals surface area contributed by atoms with Crippen LogP contribution in [0.15, 0.2) is 0 Å². The van der Waals surface area contributed by atoms with E-state index in [2.05, 4.69) is 0 Å². The zero-order chi connectivity index (χ0) is 2.00. The molecule has 2 N–H and O–H groups in total. The summed E-state index contributed by atoms with van der Waals surface area (Å²) in [4.78, 5) is 0. The van der Waals surface area contributed by atoms with Gasteiger partial charge in [-0.25, -0.2) is 0 Å². The average molecular weight is 215 g/mol. The fraction of sp³-hybridized carbons (Fsp3) is 0. The van der Waals surface area contributed by atoms with Crippen molar-refractivity contribution in [3.05, 3.63) is 0 Å². The molecule has 0 saturated heterocycles. The van der Waals surface area contributed by atoms with Gasteiger partial charge in [0.15, 0.2) is 0 Å². The standard InChI is InChI=1S/Co.Li.Mn.Ni.H2O.O.H/h;;;;1H2;;. The van der Waals surface area contributed by atoms with Crippen LogP contribution >= 0.6 is 0 Å². The van der Waals surface area contributed by atoms with Gasteiger partial charge in [-0.05, 0) is 0 Å². The SMILES string of the molecule is O.[Co].[LiH].[Ni].[O]=[Mn]. The first-order chi connectivity index (χ1) is 1.00. The Balaban J connectivity index is -0.000000000833. The molecular formula is H3CoLiMnNiO2. The van der Waals surface area contributed by atoms with Gasteiger partial charge in [0.1, 0.15) is 0 Å². The van der Waals surface area contributed by atoms with Crippen molar-refractivity contribution in [2.75, 3.05) is 0 Å². The van der Waals surface area contributed by atoms with E-state index < -0.39 is 0 Å². The van der Waals surface area contributed by atoms with Gasteiger partial charge in [-0.1, -0.05) is 0 Å². The van der Waals surface area contributed by atoms with Crippen molar-refractivity contribution in [1.29, 1.82) is 0 Å². The van der Waals surface area contributed by atoms with Crippen molar-refractivity contribution >= 4 is 18.9 Å². The second-order valence-corrected chi connectivity index (χ2v) is 0. The molecule has 6 heavy (non-hydrogen) atoms. The average Bonchev–Trinajstić information content (AvgIpc) is 1.00. The molecule has 42 valence electrons. The summed E-state index contributed by atoms with van der Waals surface area (Å²) in [5, 5.41) is 0. The predicted octanol–water partition coefficient (Wildman–Crippen LogP) is -1.60. The minimum atomic E-state index is 0. The zero-order valence-electron chi connectivity index (χ0n) is 1.94. The maximum atomic E-state index is 8.06. The molecule has 0 unspecified atom stereocenters. The van der Waals surface area contributed by atoms with Crippen molar-refractivity contribution in [2.45, 2.75) is 0 Å². The Bertz CT molecular complexity index is 13.5. The van der Waals surface area contributed by atoms with Gasteiger partial charge in [0.05, 0.1) is 0 Å². The van der Waals surface area contributed by atoms with E-state index in [1.165, 1.54) is 0 Å². The molecule has 0 aliphatic carbocycles. The molecule has 2 nitrogen and oxygen atoms in total. The molecule has 0 amide bonds. The van der Waals surface area contributed by atoms with Gasteiger partial charge in [-0.2, -0.15) is 0 Å². The van der Waals surface area contributed by atoms with E-state index in [-0.39, 0.29) is 57.6 Å². The molecule has 0 bridgehead atoms. The summed E-state index contributed by atoms with van der Waals surface area (Å²) in [5.41, 5.74) is 0. The quantitative estimate of drug-likeness (QED) is 0.448. The van der Waals surface area contributed by atoms with Crippen LogP contribution in [0.4, 0.5) is 0 Å². The van der Waals surface area contributed by atoms with Crippen LogP contribution in [0.25, 0.3) is 0 Å². The molecule has 0 aromatic heterocycles. The van der Waals surface area contributed by atoms with Crippen LogP contribution in [-0.2, 0) is 53.0 Å². The van der Waals surface area contributed by atoms with Crippen LogP contribution in [0.1, 0.15) is 0 Å². The Morgan fingerprint density at radius 3 is 1.17 bits per heavy atom. The van der Waals surface area contributed by atoms with Gasteiger partial charge in [-0.15, -0.1) is 0 Å². The van der Waals surface area contributed by atoms with E-state index in [1.54, 1.807) is 15.9 Å². The second kappa shape index (κ2) is 67.4. The fourth-order valence-corrected chi connectivity index (χ4v) is 0. The molecule has 6 heteroatoms. The molecule has 0 aliphatic heterocycles. The van der Waals surface area contributed by atoms with Gasteiger partial charge in [-0.3, -0.25) is 0 Å². The molecule has 1 radical (unpaired) electrons. The summed E-state index contributed by atoms with van der Waals surface area (Å²) in [6.07, 6.45) is 0. The summed E-state index contributed by atoms with van der Waals surface area (Å²) in [6, 6.07) is 0. The van der Waals surface area contributed by atoms with E-state index in [0.717, 1.165) is 0 Å². The van der Waals surface area contributed by atoms with Crippen LogP contribution in [0.2, 0.25) is 0 Å². The first-order valence-electron chi connectivity index (χ1n) is 0.154. The molecule has 0 spiro atoms. The first kappa shape index (κ1) is 45.0. The van der Waals surface area contributed by atoms with Crippen molar-refractivity contribution in [1.82, 2.24) is 0 Å². The Morgan fingerprint density at radius 2 is 1.17 bits per heavy atom. The molecule has 0 aliphatic rings. The van der Waals surface area contributed by atoms with Gasteiger partial charge in [0, 0.05) is 33.3 Å². The monoisotopic (exact) mass is 214 g/mol. The van der Waals surface area contributed by atoms with E-state index in [9.17, 15) is 0 Å². The second-order valence-electron chi connectivity index (χ2n) is 0. The van der Waals surface area contributed by atoms with Crippen LogP contribution in [-0.4, -0.2) is 24.3 Å². The molecule has 0 fully saturated rings. The third-order valence-corrected chi connectivity index (χ3v) is 0. The number of hydrogen-bond acceptors (Lipinski definition) is 1. The van der Waals surface area contributed by atoms with Gasteiger partial charge < -0.3 is 5.48 Å². The van der Waals surface area contributed by atoms with Gasteiger partial charge in [0.25, 0.3) is 0 Å². The Kier molecular flexibility index (Phi) is 506. The third kappa shape index (κ3) is 39.7. The number of hydrogen-bond donors (Lipinski definition) is 0. The Morgan fingerprint density at radius 1 is 1.17 bits per heavy atom. The first-order valence-corrected chi connectivity index (χ1v) is 0.636. The van der Waals surface area contributed by atoms with Crippen LogP contribution in [0, 0.1) is 0 Å². The molecule has 0 rings (SSSR count). The zero-order valence-corrected chi connectivity index (χ0v) is 5.14. The predicted molar refractivity (Wildman–Crippen MR) is 11.4 cm³/mol. The van der Waals surface area contributed by atoms with Crippen molar-refractivity contribution < 1.29 is 58.5 Å². The van der Waals surface area contributed by atoms with E-state index in [0.29, 0.717) is 0 Å². The van der Waals surface area contributed by atoms with E-state index >= 15 is 0 Å². The van der Waals surface area contributed by atoms with Crippen LogP contribution < -0.4 is 0 Å². The molecule has 0 aromatic carbocycles. The normalized spacial score (nSPS) is 0.667. The van der Waals surface area contributed by atoms with Crippen molar-refractivity contribution in [3.63, 3.8) is 0 Å².